The summed E-state index contributed by atoms with van der Waals surface area (Å²) >= 11 is 0. The molecule has 0 fully saturated rings. The minimum absolute atomic E-state index is 0.0331. The van der Waals surface area contributed by atoms with Gasteiger partial charge in [0.15, 0.2) is 0 Å². The van der Waals surface area contributed by atoms with Gasteiger partial charge in [-0.15, -0.1) is 0 Å². The van der Waals surface area contributed by atoms with Crippen molar-refractivity contribution >= 4 is 11.8 Å². The van der Waals surface area contributed by atoms with E-state index in [1.54, 1.807) is 14.2 Å². The summed E-state index contributed by atoms with van der Waals surface area (Å²) in [6, 6.07) is 0. The van der Waals surface area contributed by atoms with Crippen LogP contribution in [0.5, 0.6) is 0 Å². The zero-order chi connectivity index (χ0) is 23.8. The van der Waals surface area contributed by atoms with Gasteiger partial charge in [-0.2, -0.15) is 0 Å². The lowest BCUT2D eigenvalue weighted by Crippen LogP contribution is -2.47. The Kier molecular flexibility index (Phi) is 11.2. The fraction of sp³-hybridized carbons (Fsp3) is 0.769. The summed E-state index contributed by atoms with van der Waals surface area (Å²) in [5.41, 5.74) is 1.47. The van der Waals surface area contributed by atoms with Gasteiger partial charge in [0.1, 0.15) is 11.9 Å². The first-order valence-electron chi connectivity index (χ1n) is 11.6. The van der Waals surface area contributed by atoms with E-state index in [9.17, 15) is 9.59 Å². The molecule has 1 aliphatic rings. The molecule has 5 atom stereocenters. The number of hydrogen-bond donors (Lipinski definition) is 0. The van der Waals surface area contributed by atoms with Crippen molar-refractivity contribution < 1.29 is 23.8 Å². The van der Waals surface area contributed by atoms with Gasteiger partial charge in [0.2, 0.25) is 0 Å². The topological polar surface area (TPSA) is 61.8 Å². The van der Waals surface area contributed by atoms with E-state index in [-0.39, 0.29) is 42.2 Å². The fourth-order valence-electron chi connectivity index (χ4n) is 4.61. The highest BCUT2D eigenvalue weighted by molar-refractivity contribution is 5.88. The van der Waals surface area contributed by atoms with Crippen LogP contribution in [0.2, 0.25) is 0 Å². The number of cyclic esters (lactones) is 1. The van der Waals surface area contributed by atoms with Crippen LogP contribution in [0, 0.1) is 17.3 Å². The Hall–Kier alpha value is -1.46. The number of methoxy groups -OCH3 is 2. The van der Waals surface area contributed by atoms with E-state index in [1.165, 1.54) is 5.57 Å². The first kappa shape index (κ1) is 27.6. The number of hydrogen-bond acceptors (Lipinski definition) is 5. The molecule has 0 saturated heterocycles. The average Bonchev–Trinajstić information content (AvgIpc) is 2.73. The molecule has 0 aromatic heterocycles. The van der Waals surface area contributed by atoms with Crippen molar-refractivity contribution in [3.05, 3.63) is 23.3 Å². The van der Waals surface area contributed by atoms with Crippen LogP contribution in [-0.2, 0) is 23.8 Å². The van der Waals surface area contributed by atoms with Gasteiger partial charge in [0, 0.05) is 26.6 Å². The predicted molar refractivity (Wildman–Crippen MR) is 125 cm³/mol. The standard InChI is InChI=1S/C26H44O5/c1-10-18(3)21-15-14-17(2)12-11-13-19(4)24(30-9)20(5)25(28)26(6,7)22(29-8)16-23(27)31-21/h10,14,19-22,24H,11-13,15-16H2,1-9H3/b17-14-,18-10+. The second-order valence-electron chi connectivity index (χ2n) is 9.67. The van der Waals surface area contributed by atoms with Crippen LogP contribution in [-0.4, -0.2) is 44.3 Å². The van der Waals surface area contributed by atoms with Crippen molar-refractivity contribution in [1.29, 1.82) is 0 Å². The maximum atomic E-state index is 13.5. The summed E-state index contributed by atoms with van der Waals surface area (Å²) in [5, 5.41) is 0. The first-order valence-corrected chi connectivity index (χ1v) is 11.6. The molecule has 0 aromatic carbocycles. The molecule has 5 unspecified atom stereocenters. The highest BCUT2D eigenvalue weighted by Crippen LogP contribution is 2.34. The van der Waals surface area contributed by atoms with E-state index in [2.05, 4.69) is 19.9 Å². The maximum Gasteiger partial charge on any atom is 0.309 e. The van der Waals surface area contributed by atoms with E-state index in [4.69, 9.17) is 14.2 Å². The number of esters is 1. The molecular formula is C26H44O5. The van der Waals surface area contributed by atoms with Crippen LogP contribution in [0.25, 0.3) is 0 Å². The van der Waals surface area contributed by atoms with E-state index in [0.29, 0.717) is 6.42 Å². The third-order valence-electron chi connectivity index (χ3n) is 6.96. The number of ether oxygens (including phenoxy) is 3. The van der Waals surface area contributed by atoms with E-state index < -0.39 is 11.5 Å². The van der Waals surface area contributed by atoms with Crippen molar-refractivity contribution in [3.8, 4) is 0 Å². The molecular weight excluding hydrogens is 392 g/mol. The Labute approximate surface area is 189 Å². The summed E-state index contributed by atoms with van der Waals surface area (Å²) in [6.45, 7) is 13.9. The van der Waals surface area contributed by atoms with Crippen molar-refractivity contribution in [2.45, 2.75) is 98.9 Å². The number of Topliss-reactive ketones (excluding diaryl/α,β-unsaturated/α-hetero) is 1. The molecule has 0 radical (unpaired) electrons. The molecule has 0 aliphatic carbocycles. The molecule has 0 bridgehead atoms. The Bertz CT molecular complexity index is 661. The van der Waals surface area contributed by atoms with Crippen LogP contribution < -0.4 is 0 Å². The largest absolute Gasteiger partial charge is 0.457 e. The van der Waals surface area contributed by atoms with Crippen LogP contribution in [0.4, 0.5) is 0 Å². The minimum atomic E-state index is -0.845. The summed E-state index contributed by atoms with van der Waals surface area (Å²) < 4.78 is 17.3. The van der Waals surface area contributed by atoms with Gasteiger partial charge >= 0.3 is 5.97 Å². The fourth-order valence-corrected chi connectivity index (χ4v) is 4.61. The Balaban J connectivity index is 3.29. The molecule has 178 valence electrons. The molecule has 0 aromatic rings. The Morgan fingerprint density at radius 1 is 1.19 bits per heavy atom. The summed E-state index contributed by atoms with van der Waals surface area (Å²) in [4.78, 5) is 26.3. The Morgan fingerprint density at radius 2 is 1.84 bits per heavy atom. The third kappa shape index (κ3) is 7.57. The molecule has 0 N–H and O–H groups in total. The molecule has 5 heteroatoms. The zero-order valence-electron chi connectivity index (χ0n) is 21.1. The molecule has 5 nitrogen and oxygen atoms in total. The molecule has 0 saturated carbocycles. The van der Waals surface area contributed by atoms with Crippen molar-refractivity contribution in [2.24, 2.45) is 17.3 Å². The number of rotatable bonds is 3. The van der Waals surface area contributed by atoms with Gasteiger partial charge in [-0.3, -0.25) is 9.59 Å². The molecule has 1 rings (SSSR count). The molecule has 0 spiro atoms. The predicted octanol–water partition coefficient (Wildman–Crippen LogP) is 5.67. The van der Waals surface area contributed by atoms with Crippen LogP contribution >= 0.6 is 0 Å². The average molecular weight is 437 g/mol. The summed E-state index contributed by atoms with van der Waals surface area (Å²) in [6.07, 6.45) is 6.81. The number of carbonyl (C=O) groups is 2. The normalized spacial score (nSPS) is 34.0. The van der Waals surface area contributed by atoms with E-state index in [1.807, 2.05) is 40.7 Å². The lowest BCUT2D eigenvalue weighted by Gasteiger charge is -2.37. The number of ketones is 1. The zero-order valence-corrected chi connectivity index (χ0v) is 21.1. The van der Waals surface area contributed by atoms with Gasteiger partial charge in [-0.25, -0.2) is 0 Å². The highest BCUT2D eigenvalue weighted by Gasteiger charge is 2.43. The lowest BCUT2D eigenvalue weighted by atomic mass is 9.72. The number of allylic oxidation sites excluding steroid dienone is 2. The molecule has 0 amide bonds. The quantitative estimate of drug-likeness (QED) is 0.421. The minimum Gasteiger partial charge on any atom is -0.457 e. The van der Waals surface area contributed by atoms with E-state index >= 15 is 0 Å². The lowest BCUT2D eigenvalue weighted by molar-refractivity contribution is -0.156. The van der Waals surface area contributed by atoms with Gasteiger partial charge in [-0.05, 0) is 51.5 Å². The molecule has 1 aliphatic heterocycles. The highest BCUT2D eigenvalue weighted by atomic mass is 16.5. The maximum absolute atomic E-state index is 13.5. The molecule has 1 heterocycles. The number of carbonyl (C=O) groups excluding carboxylic acids is 2. The van der Waals surface area contributed by atoms with Crippen LogP contribution in [0.1, 0.15) is 80.6 Å². The smallest absolute Gasteiger partial charge is 0.309 e. The van der Waals surface area contributed by atoms with Gasteiger partial charge in [0.25, 0.3) is 0 Å². The SMILES string of the molecule is C/C=C(\C)C1C/C=C(/C)CCCC(C)C(OC)C(C)C(=O)C(C)(C)C(OC)CC(=O)O1. The van der Waals surface area contributed by atoms with Crippen molar-refractivity contribution in [2.75, 3.05) is 14.2 Å². The van der Waals surface area contributed by atoms with Crippen LogP contribution in [0.15, 0.2) is 23.3 Å². The van der Waals surface area contributed by atoms with Crippen LogP contribution in [0.3, 0.4) is 0 Å². The second kappa shape index (κ2) is 12.5. The Morgan fingerprint density at radius 3 is 2.39 bits per heavy atom. The second-order valence-corrected chi connectivity index (χ2v) is 9.67. The van der Waals surface area contributed by atoms with Gasteiger partial charge < -0.3 is 14.2 Å². The third-order valence-corrected chi connectivity index (χ3v) is 6.96. The first-order chi connectivity index (χ1) is 14.5. The van der Waals surface area contributed by atoms with Gasteiger partial charge in [0.05, 0.1) is 24.0 Å². The summed E-state index contributed by atoms with van der Waals surface area (Å²) in [5.74, 6) is -0.341. The van der Waals surface area contributed by atoms with E-state index in [0.717, 1.165) is 24.8 Å². The van der Waals surface area contributed by atoms with Crippen molar-refractivity contribution in [1.82, 2.24) is 0 Å². The molecule has 31 heavy (non-hydrogen) atoms. The van der Waals surface area contributed by atoms with Gasteiger partial charge in [-0.1, -0.05) is 45.4 Å². The summed E-state index contributed by atoms with van der Waals surface area (Å²) in [7, 11) is 3.23. The monoisotopic (exact) mass is 436 g/mol. The van der Waals surface area contributed by atoms with Crippen molar-refractivity contribution in [3.63, 3.8) is 0 Å².